The fourth-order valence-electron chi connectivity index (χ4n) is 2.13. The lowest BCUT2D eigenvalue weighted by atomic mass is 10.1. The van der Waals surface area contributed by atoms with Crippen LogP contribution in [-0.4, -0.2) is 27.0 Å². The summed E-state index contributed by atoms with van der Waals surface area (Å²) in [4.78, 5) is 14.3. The van der Waals surface area contributed by atoms with Crippen molar-refractivity contribution < 1.29 is 9.53 Å². The number of ketones is 1. The maximum atomic E-state index is 12.4. The number of allylic oxidation sites excluding steroid dienone is 1. The minimum atomic E-state index is -0.0230. The van der Waals surface area contributed by atoms with E-state index in [1.807, 2.05) is 67.5 Å². The van der Waals surface area contributed by atoms with Gasteiger partial charge in [0, 0.05) is 30.9 Å². The Balaban J connectivity index is 2.28. The van der Waals surface area contributed by atoms with Crippen LogP contribution in [0.1, 0.15) is 15.9 Å². The molecule has 21 heavy (non-hydrogen) atoms. The number of methoxy groups -OCH3 is 1. The van der Waals surface area contributed by atoms with Gasteiger partial charge in [-0.3, -0.25) is 4.79 Å². The number of anilines is 1. The summed E-state index contributed by atoms with van der Waals surface area (Å²) in [6.45, 7) is 0. The van der Waals surface area contributed by atoms with Crippen molar-refractivity contribution in [1.82, 2.24) is 0 Å². The van der Waals surface area contributed by atoms with E-state index in [0.717, 1.165) is 17.0 Å². The van der Waals surface area contributed by atoms with Gasteiger partial charge >= 0.3 is 0 Å². The molecule has 0 unspecified atom stereocenters. The minimum Gasteiger partial charge on any atom is -0.496 e. The van der Waals surface area contributed by atoms with E-state index in [1.54, 1.807) is 19.3 Å². The first-order valence-electron chi connectivity index (χ1n) is 6.75. The lowest BCUT2D eigenvalue weighted by molar-refractivity contribution is 0.104. The lowest BCUT2D eigenvalue weighted by Crippen LogP contribution is -2.13. The van der Waals surface area contributed by atoms with Gasteiger partial charge in [-0.05, 0) is 30.4 Å². The van der Waals surface area contributed by atoms with Crippen LogP contribution in [0.2, 0.25) is 0 Å². The van der Waals surface area contributed by atoms with Crippen LogP contribution in [0.4, 0.5) is 5.69 Å². The molecule has 0 aliphatic rings. The van der Waals surface area contributed by atoms with Gasteiger partial charge in [0.1, 0.15) is 5.75 Å². The van der Waals surface area contributed by atoms with Gasteiger partial charge in [0.15, 0.2) is 5.78 Å². The average molecular weight is 281 g/mol. The Hall–Kier alpha value is -2.55. The Morgan fingerprint density at radius 3 is 2.43 bits per heavy atom. The zero-order valence-electron chi connectivity index (χ0n) is 12.5. The molecule has 2 aromatic rings. The van der Waals surface area contributed by atoms with Gasteiger partial charge < -0.3 is 9.64 Å². The van der Waals surface area contributed by atoms with E-state index in [0.29, 0.717) is 5.56 Å². The van der Waals surface area contributed by atoms with Crippen LogP contribution in [0.3, 0.4) is 0 Å². The van der Waals surface area contributed by atoms with Crippen LogP contribution < -0.4 is 9.64 Å². The number of hydrogen-bond acceptors (Lipinski definition) is 3. The van der Waals surface area contributed by atoms with Crippen LogP contribution in [0.25, 0.3) is 6.08 Å². The molecule has 0 aromatic heterocycles. The highest BCUT2D eigenvalue weighted by atomic mass is 16.5. The highest BCUT2D eigenvalue weighted by molar-refractivity contribution is 6.10. The second kappa shape index (κ2) is 6.75. The van der Waals surface area contributed by atoms with Crippen molar-refractivity contribution in [2.45, 2.75) is 0 Å². The van der Waals surface area contributed by atoms with Crippen molar-refractivity contribution in [3.05, 3.63) is 65.7 Å². The third-order valence-corrected chi connectivity index (χ3v) is 3.20. The molecule has 0 aliphatic heterocycles. The second-order valence-electron chi connectivity index (χ2n) is 4.85. The third kappa shape index (κ3) is 3.51. The molecule has 0 spiro atoms. The quantitative estimate of drug-likeness (QED) is 0.619. The second-order valence-corrected chi connectivity index (χ2v) is 4.85. The summed E-state index contributed by atoms with van der Waals surface area (Å²) < 4.78 is 5.27. The maximum absolute atomic E-state index is 12.4. The van der Waals surface area contributed by atoms with Gasteiger partial charge in [0.25, 0.3) is 0 Å². The summed E-state index contributed by atoms with van der Waals surface area (Å²) in [5.74, 6) is 0.729. The molecule has 2 rings (SSSR count). The number of hydrogen-bond donors (Lipinski definition) is 0. The van der Waals surface area contributed by atoms with E-state index in [9.17, 15) is 4.79 Å². The van der Waals surface area contributed by atoms with Crippen LogP contribution in [-0.2, 0) is 0 Å². The third-order valence-electron chi connectivity index (χ3n) is 3.20. The Bertz CT molecular complexity index is 660. The molecule has 3 heteroatoms. The van der Waals surface area contributed by atoms with Crippen molar-refractivity contribution in [2.75, 3.05) is 26.1 Å². The Labute approximate surface area is 125 Å². The number of ether oxygens (including phenoxy) is 1. The van der Waals surface area contributed by atoms with E-state index < -0.39 is 0 Å². The van der Waals surface area contributed by atoms with E-state index in [1.165, 1.54) is 0 Å². The van der Waals surface area contributed by atoms with Crippen LogP contribution in [0.15, 0.2) is 54.6 Å². The van der Waals surface area contributed by atoms with E-state index in [4.69, 9.17) is 4.74 Å². The highest BCUT2D eigenvalue weighted by Crippen LogP contribution is 2.21. The molecule has 0 atom stereocenters. The molecule has 0 N–H and O–H groups in total. The summed E-state index contributed by atoms with van der Waals surface area (Å²) in [6.07, 6.45) is 3.37. The molecule has 0 saturated carbocycles. The zero-order chi connectivity index (χ0) is 15.2. The molecule has 0 aliphatic carbocycles. The van der Waals surface area contributed by atoms with Crippen molar-refractivity contribution in [3.8, 4) is 5.75 Å². The first-order valence-corrected chi connectivity index (χ1v) is 6.75. The summed E-state index contributed by atoms with van der Waals surface area (Å²) in [5, 5.41) is 0. The summed E-state index contributed by atoms with van der Waals surface area (Å²) >= 11 is 0. The normalized spacial score (nSPS) is 10.6. The minimum absolute atomic E-state index is 0.0230. The molecular weight excluding hydrogens is 262 g/mol. The maximum Gasteiger partial charge on any atom is 0.187 e. The Kier molecular flexibility index (Phi) is 4.77. The van der Waals surface area contributed by atoms with Gasteiger partial charge in [0.2, 0.25) is 0 Å². The summed E-state index contributed by atoms with van der Waals surface area (Å²) in [5.41, 5.74) is 2.48. The molecule has 0 bridgehead atoms. The largest absolute Gasteiger partial charge is 0.496 e. The van der Waals surface area contributed by atoms with Crippen molar-refractivity contribution >= 4 is 17.5 Å². The predicted octanol–water partition coefficient (Wildman–Crippen LogP) is 3.66. The van der Waals surface area contributed by atoms with Crippen molar-refractivity contribution in [2.24, 2.45) is 0 Å². The van der Waals surface area contributed by atoms with Gasteiger partial charge in [-0.1, -0.05) is 30.3 Å². The molecule has 0 saturated heterocycles. The molecule has 0 radical (unpaired) electrons. The van der Waals surface area contributed by atoms with Crippen molar-refractivity contribution in [1.29, 1.82) is 0 Å². The average Bonchev–Trinajstić information content (AvgIpc) is 2.52. The number of benzene rings is 2. The molecule has 3 nitrogen and oxygen atoms in total. The first-order chi connectivity index (χ1) is 10.1. The summed E-state index contributed by atoms with van der Waals surface area (Å²) in [6, 6.07) is 15.2. The standard InChI is InChI=1S/C18H19NO2/c1-19(2)16-10-6-5-9-15(16)17(20)13-12-14-8-4-7-11-18(14)21-3/h4-13H,1-3H3. The van der Waals surface area contributed by atoms with Gasteiger partial charge in [-0.15, -0.1) is 0 Å². The lowest BCUT2D eigenvalue weighted by Gasteiger charge is -2.15. The monoisotopic (exact) mass is 281 g/mol. The molecular formula is C18H19NO2. The van der Waals surface area contributed by atoms with E-state index in [-0.39, 0.29) is 5.78 Å². The number of rotatable bonds is 5. The van der Waals surface area contributed by atoms with E-state index >= 15 is 0 Å². The van der Waals surface area contributed by atoms with E-state index in [2.05, 4.69) is 0 Å². The number of carbonyl (C=O) groups is 1. The topological polar surface area (TPSA) is 29.5 Å². The predicted molar refractivity (Wildman–Crippen MR) is 87.1 cm³/mol. The Morgan fingerprint density at radius 1 is 1.05 bits per heavy atom. The SMILES string of the molecule is COc1ccccc1C=CC(=O)c1ccccc1N(C)C. The molecule has 0 heterocycles. The summed E-state index contributed by atoms with van der Waals surface area (Å²) in [7, 11) is 5.47. The van der Waals surface area contributed by atoms with Crippen molar-refractivity contribution in [3.63, 3.8) is 0 Å². The molecule has 0 amide bonds. The van der Waals surface area contributed by atoms with Gasteiger partial charge in [0.05, 0.1) is 7.11 Å². The molecule has 2 aromatic carbocycles. The highest BCUT2D eigenvalue weighted by Gasteiger charge is 2.09. The smallest absolute Gasteiger partial charge is 0.187 e. The number of carbonyl (C=O) groups excluding carboxylic acids is 1. The van der Waals surface area contributed by atoms with Gasteiger partial charge in [-0.25, -0.2) is 0 Å². The fraction of sp³-hybridized carbons (Fsp3) is 0.167. The number of nitrogens with zero attached hydrogens (tertiary/aromatic N) is 1. The Morgan fingerprint density at radius 2 is 1.71 bits per heavy atom. The molecule has 0 fully saturated rings. The van der Waals surface area contributed by atoms with Gasteiger partial charge in [-0.2, -0.15) is 0 Å². The van der Waals surface area contributed by atoms with Crippen LogP contribution in [0, 0.1) is 0 Å². The van der Waals surface area contributed by atoms with Crippen LogP contribution in [0.5, 0.6) is 5.75 Å². The van der Waals surface area contributed by atoms with Crippen LogP contribution >= 0.6 is 0 Å². The number of para-hydroxylation sites is 2. The zero-order valence-corrected chi connectivity index (χ0v) is 12.5. The first kappa shape index (κ1) is 14.9. The fourth-order valence-corrected chi connectivity index (χ4v) is 2.13. The molecule has 108 valence electrons.